The van der Waals surface area contributed by atoms with E-state index in [1.807, 2.05) is 50.3 Å². The summed E-state index contributed by atoms with van der Waals surface area (Å²) in [6, 6.07) is 7.64. The van der Waals surface area contributed by atoms with Crippen molar-refractivity contribution in [3.8, 4) is 11.5 Å². The highest BCUT2D eigenvalue weighted by molar-refractivity contribution is 5.47. The van der Waals surface area contributed by atoms with Crippen molar-refractivity contribution in [1.29, 1.82) is 0 Å². The molecule has 0 radical (unpaired) electrons. The minimum Gasteiger partial charge on any atom is -0.450 e. The first kappa shape index (κ1) is 8.88. The Balaban J connectivity index is 2.45. The van der Waals surface area contributed by atoms with Gasteiger partial charge in [0.1, 0.15) is 0 Å². The molecule has 0 atom stereocenters. The van der Waals surface area contributed by atoms with Crippen LogP contribution < -0.4 is 9.47 Å². The molecule has 0 unspecified atom stereocenters. The molecule has 1 heterocycles. The molecule has 2 heteroatoms. The van der Waals surface area contributed by atoms with Gasteiger partial charge in [-0.15, -0.1) is 0 Å². The summed E-state index contributed by atoms with van der Waals surface area (Å²) in [5, 5.41) is 0. The Morgan fingerprint density at radius 3 is 1.64 bits per heavy atom. The second-order valence-corrected chi connectivity index (χ2v) is 2.96. The third kappa shape index (κ3) is 1.39. The highest BCUT2D eigenvalue weighted by Gasteiger charge is 2.18. The number of allylic oxidation sites excluding steroid dienone is 2. The standard InChI is InChI=1S/C12H12O2/c1-3-9-10(4-2)14-12-8-6-5-7-11(12)13-9/h3-8H,1-2H3. The summed E-state index contributed by atoms with van der Waals surface area (Å²) >= 11 is 0. The summed E-state index contributed by atoms with van der Waals surface area (Å²) in [6.07, 6.45) is 3.79. The van der Waals surface area contributed by atoms with Gasteiger partial charge in [0, 0.05) is 0 Å². The predicted octanol–water partition coefficient (Wildman–Crippen LogP) is 3.27. The second-order valence-electron chi connectivity index (χ2n) is 2.96. The van der Waals surface area contributed by atoms with Crippen molar-refractivity contribution >= 4 is 0 Å². The van der Waals surface area contributed by atoms with Crippen molar-refractivity contribution < 1.29 is 9.47 Å². The van der Waals surface area contributed by atoms with Gasteiger partial charge in [0.2, 0.25) is 0 Å². The molecule has 2 nitrogen and oxygen atoms in total. The molecule has 14 heavy (non-hydrogen) atoms. The van der Waals surface area contributed by atoms with E-state index in [2.05, 4.69) is 0 Å². The van der Waals surface area contributed by atoms with Crippen LogP contribution in [0.1, 0.15) is 13.8 Å². The molecular formula is C12H12O2. The summed E-state index contributed by atoms with van der Waals surface area (Å²) in [5.41, 5.74) is 0. The fraction of sp³-hybridized carbons (Fsp3) is 0.167. The van der Waals surface area contributed by atoms with Gasteiger partial charge in [-0.1, -0.05) is 12.1 Å². The van der Waals surface area contributed by atoms with Gasteiger partial charge >= 0.3 is 0 Å². The van der Waals surface area contributed by atoms with Crippen LogP contribution in [-0.4, -0.2) is 0 Å². The fourth-order valence-electron chi connectivity index (χ4n) is 1.36. The summed E-state index contributed by atoms with van der Waals surface area (Å²) in [6.45, 7) is 3.85. The SMILES string of the molecule is CC=C1Oc2ccccc2OC1=CC. The van der Waals surface area contributed by atoms with Gasteiger partial charge in [-0.25, -0.2) is 0 Å². The van der Waals surface area contributed by atoms with Gasteiger partial charge in [0.25, 0.3) is 0 Å². The van der Waals surface area contributed by atoms with Crippen LogP contribution in [0.2, 0.25) is 0 Å². The van der Waals surface area contributed by atoms with Crippen LogP contribution in [0.4, 0.5) is 0 Å². The van der Waals surface area contributed by atoms with Crippen LogP contribution in [-0.2, 0) is 0 Å². The molecule has 0 N–H and O–H groups in total. The molecule has 0 bridgehead atoms. The van der Waals surface area contributed by atoms with E-state index >= 15 is 0 Å². The minimum absolute atomic E-state index is 0.770. The lowest BCUT2D eigenvalue weighted by molar-refractivity contribution is 0.293. The predicted molar refractivity (Wildman–Crippen MR) is 55.2 cm³/mol. The van der Waals surface area contributed by atoms with Crippen LogP contribution in [0.25, 0.3) is 0 Å². The van der Waals surface area contributed by atoms with E-state index < -0.39 is 0 Å². The lowest BCUT2D eigenvalue weighted by Gasteiger charge is -2.21. The van der Waals surface area contributed by atoms with Gasteiger partial charge in [-0.3, -0.25) is 0 Å². The highest BCUT2D eigenvalue weighted by atomic mass is 16.6. The number of para-hydroxylation sites is 2. The number of fused-ring (bicyclic) bond motifs is 1. The van der Waals surface area contributed by atoms with Crippen LogP contribution in [0.5, 0.6) is 11.5 Å². The lowest BCUT2D eigenvalue weighted by atomic mass is 10.2. The normalized spacial score (nSPS) is 20.1. The Morgan fingerprint density at radius 2 is 1.29 bits per heavy atom. The van der Waals surface area contributed by atoms with Crippen molar-refractivity contribution in [1.82, 2.24) is 0 Å². The zero-order valence-electron chi connectivity index (χ0n) is 8.28. The topological polar surface area (TPSA) is 18.5 Å². The Morgan fingerprint density at radius 1 is 0.857 bits per heavy atom. The summed E-state index contributed by atoms with van der Waals surface area (Å²) in [4.78, 5) is 0. The molecule has 0 amide bonds. The molecule has 0 saturated heterocycles. The average molecular weight is 188 g/mol. The van der Waals surface area contributed by atoms with Crippen LogP contribution >= 0.6 is 0 Å². The molecule has 0 fully saturated rings. The molecule has 1 aromatic rings. The summed E-state index contributed by atoms with van der Waals surface area (Å²) < 4.78 is 11.3. The van der Waals surface area contributed by atoms with Crippen molar-refractivity contribution in [3.63, 3.8) is 0 Å². The van der Waals surface area contributed by atoms with E-state index in [0.29, 0.717) is 0 Å². The van der Waals surface area contributed by atoms with E-state index in [4.69, 9.17) is 9.47 Å². The molecule has 0 aliphatic carbocycles. The minimum atomic E-state index is 0.770. The van der Waals surface area contributed by atoms with Crippen molar-refractivity contribution in [3.05, 3.63) is 47.9 Å². The van der Waals surface area contributed by atoms with E-state index in [1.54, 1.807) is 0 Å². The smallest absolute Gasteiger partial charge is 0.170 e. The molecule has 0 aromatic heterocycles. The molecule has 1 aromatic carbocycles. The third-order valence-electron chi connectivity index (χ3n) is 2.06. The Hall–Kier alpha value is -1.70. The zero-order chi connectivity index (χ0) is 9.97. The molecule has 72 valence electrons. The number of ether oxygens (including phenoxy) is 2. The van der Waals surface area contributed by atoms with Crippen molar-refractivity contribution in [2.45, 2.75) is 13.8 Å². The van der Waals surface area contributed by atoms with Gasteiger partial charge in [0.15, 0.2) is 23.0 Å². The van der Waals surface area contributed by atoms with Crippen molar-refractivity contribution in [2.75, 3.05) is 0 Å². The maximum absolute atomic E-state index is 5.65. The zero-order valence-corrected chi connectivity index (χ0v) is 8.28. The number of hydrogen-bond acceptors (Lipinski definition) is 2. The first-order valence-corrected chi connectivity index (χ1v) is 4.63. The number of benzene rings is 1. The maximum atomic E-state index is 5.65. The van der Waals surface area contributed by atoms with Crippen molar-refractivity contribution in [2.24, 2.45) is 0 Å². The number of hydrogen-bond donors (Lipinski definition) is 0. The summed E-state index contributed by atoms with van der Waals surface area (Å²) in [7, 11) is 0. The van der Waals surface area contributed by atoms with Gasteiger partial charge in [-0.2, -0.15) is 0 Å². The molecule has 2 rings (SSSR count). The molecule has 0 spiro atoms. The third-order valence-corrected chi connectivity index (χ3v) is 2.06. The van der Waals surface area contributed by atoms with E-state index in [9.17, 15) is 0 Å². The molecule has 0 saturated carbocycles. The largest absolute Gasteiger partial charge is 0.450 e. The monoisotopic (exact) mass is 188 g/mol. The van der Waals surface area contributed by atoms with Crippen LogP contribution in [0, 0.1) is 0 Å². The van der Waals surface area contributed by atoms with Crippen LogP contribution in [0.15, 0.2) is 47.9 Å². The first-order valence-electron chi connectivity index (χ1n) is 4.63. The molecule has 1 aliphatic rings. The van der Waals surface area contributed by atoms with Crippen LogP contribution in [0.3, 0.4) is 0 Å². The maximum Gasteiger partial charge on any atom is 0.170 e. The lowest BCUT2D eigenvalue weighted by Crippen LogP contribution is -2.11. The Labute approximate surface area is 83.5 Å². The highest BCUT2D eigenvalue weighted by Crippen LogP contribution is 2.36. The molecule has 1 aliphatic heterocycles. The Bertz CT molecular complexity index is 364. The van der Waals surface area contributed by atoms with Gasteiger partial charge in [-0.05, 0) is 38.1 Å². The van der Waals surface area contributed by atoms with E-state index in [1.165, 1.54) is 0 Å². The quantitative estimate of drug-likeness (QED) is 0.622. The van der Waals surface area contributed by atoms with E-state index in [0.717, 1.165) is 23.0 Å². The fourth-order valence-corrected chi connectivity index (χ4v) is 1.36. The average Bonchev–Trinajstić information content (AvgIpc) is 2.27. The number of rotatable bonds is 0. The Kier molecular flexibility index (Phi) is 2.27. The van der Waals surface area contributed by atoms with Gasteiger partial charge < -0.3 is 9.47 Å². The first-order chi connectivity index (χ1) is 6.85. The van der Waals surface area contributed by atoms with E-state index in [-0.39, 0.29) is 0 Å². The second kappa shape index (κ2) is 3.58. The molecular weight excluding hydrogens is 176 g/mol. The summed E-state index contributed by atoms with van der Waals surface area (Å²) in [5.74, 6) is 3.08. The van der Waals surface area contributed by atoms with Gasteiger partial charge in [0.05, 0.1) is 0 Å².